The Hall–Kier alpha value is -0.940. The molecule has 2 rings (SSSR count). The van der Waals surface area contributed by atoms with E-state index in [1.807, 2.05) is 12.1 Å². The van der Waals surface area contributed by atoms with Crippen LogP contribution in [0.5, 0.6) is 0 Å². The van der Waals surface area contributed by atoms with Crippen LogP contribution in [-0.4, -0.2) is 32.5 Å². The summed E-state index contributed by atoms with van der Waals surface area (Å²) in [6.45, 7) is 2.17. The van der Waals surface area contributed by atoms with Gasteiger partial charge in [0.05, 0.1) is 5.75 Å². The second-order valence-electron chi connectivity index (χ2n) is 5.39. The zero-order chi connectivity index (χ0) is 14.6. The fourth-order valence-electron chi connectivity index (χ4n) is 2.86. The minimum Gasteiger partial charge on any atom is -0.312 e. The highest BCUT2D eigenvalue weighted by Gasteiger charge is 2.28. The third kappa shape index (κ3) is 4.03. The van der Waals surface area contributed by atoms with E-state index in [1.165, 1.54) is 12.1 Å². The fraction of sp³-hybridized carbons (Fsp3) is 0.600. The molecule has 20 heavy (non-hydrogen) atoms. The summed E-state index contributed by atoms with van der Waals surface area (Å²) in [6.07, 6.45) is 3.25. The van der Waals surface area contributed by atoms with Crippen molar-refractivity contribution in [1.29, 1.82) is 0 Å². The lowest BCUT2D eigenvalue weighted by molar-refractivity contribution is 0.490. The quantitative estimate of drug-likeness (QED) is 0.878. The predicted molar refractivity (Wildman–Crippen MR) is 79.1 cm³/mol. The highest BCUT2D eigenvalue weighted by atomic mass is 32.2. The largest absolute Gasteiger partial charge is 0.312 e. The van der Waals surface area contributed by atoms with Gasteiger partial charge >= 0.3 is 0 Å². The minimum absolute atomic E-state index is 0.191. The van der Waals surface area contributed by atoms with Crippen molar-refractivity contribution in [2.45, 2.75) is 38.1 Å². The maximum Gasteiger partial charge on any atom is 0.151 e. The highest BCUT2D eigenvalue weighted by molar-refractivity contribution is 7.91. The van der Waals surface area contributed by atoms with Crippen LogP contribution >= 0.6 is 0 Å². The highest BCUT2D eigenvalue weighted by Crippen LogP contribution is 2.34. The average Bonchev–Trinajstić information content (AvgIpc) is 2.88. The van der Waals surface area contributed by atoms with Gasteiger partial charge in [-0.3, -0.25) is 0 Å². The fourth-order valence-corrected chi connectivity index (χ4v) is 3.58. The first-order valence-electron chi connectivity index (χ1n) is 7.21. The third-order valence-corrected chi connectivity index (χ3v) is 5.78. The van der Waals surface area contributed by atoms with Crippen LogP contribution < -0.4 is 5.32 Å². The summed E-state index contributed by atoms with van der Waals surface area (Å²) in [7, 11) is -2.91. The number of halogens is 1. The van der Waals surface area contributed by atoms with Crippen molar-refractivity contribution in [3.05, 3.63) is 35.6 Å². The lowest BCUT2D eigenvalue weighted by atomic mass is 9.94. The molecule has 1 saturated carbocycles. The molecular formula is C15H22FNO2S. The molecule has 1 N–H and O–H groups in total. The molecule has 1 aliphatic carbocycles. The van der Waals surface area contributed by atoms with Crippen molar-refractivity contribution in [1.82, 2.24) is 5.32 Å². The van der Waals surface area contributed by atoms with E-state index >= 15 is 0 Å². The van der Waals surface area contributed by atoms with Crippen LogP contribution in [0.3, 0.4) is 0 Å². The molecule has 1 aromatic carbocycles. The van der Waals surface area contributed by atoms with Crippen LogP contribution in [0.25, 0.3) is 0 Å². The Kier molecular flexibility index (Phi) is 5.16. The Bertz CT molecular complexity index is 527. The maximum atomic E-state index is 13.0. The van der Waals surface area contributed by atoms with Gasteiger partial charge in [-0.1, -0.05) is 25.5 Å². The Balaban J connectivity index is 1.92. The van der Waals surface area contributed by atoms with E-state index in [2.05, 4.69) is 5.32 Å². The lowest BCUT2D eigenvalue weighted by Gasteiger charge is -2.21. The van der Waals surface area contributed by atoms with Crippen molar-refractivity contribution in [2.24, 2.45) is 0 Å². The number of rotatable bonds is 6. The molecule has 1 fully saturated rings. The normalized spacial score (nSPS) is 23.1. The van der Waals surface area contributed by atoms with Crippen LogP contribution in [0.4, 0.5) is 4.39 Å². The van der Waals surface area contributed by atoms with Crippen molar-refractivity contribution in [2.75, 3.05) is 18.1 Å². The molecule has 1 aromatic rings. The van der Waals surface area contributed by atoms with E-state index in [-0.39, 0.29) is 17.3 Å². The van der Waals surface area contributed by atoms with E-state index < -0.39 is 9.84 Å². The van der Waals surface area contributed by atoms with Crippen LogP contribution in [0.15, 0.2) is 24.3 Å². The molecule has 0 bridgehead atoms. The van der Waals surface area contributed by atoms with Gasteiger partial charge in [-0.2, -0.15) is 0 Å². The Morgan fingerprint density at radius 2 is 1.95 bits per heavy atom. The first kappa shape index (κ1) is 15.4. The number of hydrogen-bond donors (Lipinski definition) is 1. The van der Waals surface area contributed by atoms with Crippen molar-refractivity contribution in [3.8, 4) is 0 Å². The van der Waals surface area contributed by atoms with Gasteiger partial charge in [0.15, 0.2) is 9.84 Å². The SMILES string of the molecule is CCS(=O)(=O)CCN[C@@H]1CCC[C@H]1c1ccc(F)cc1. The second-order valence-corrected chi connectivity index (χ2v) is 7.86. The molecule has 0 unspecified atom stereocenters. The summed E-state index contributed by atoms with van der Waals surface area (Å²) in [5.41, 5.74) is 1.14. The van der Waals surface area contributed by atoms with E-state index in [1.54, 1.807) is 6.92 Å². The number of nitrogens with one attached hydrogen (secondary N) is 1. The molecular weight excluding hydrogens is 277 g/mol. The molecule has 0 spiro atoms. The predicted octanol–water partition coefficient (Wildman–Crippen LogP) is 2.49. The first-order valence-corrected chi connectivity index (χ1v) is 9.03. The summed E-state index contributed by atoms with van der Waals surface area (Å²) < 4.78 is 35.9. The van der Waals surface area contributed by atoms with Crippen molar-refractivity contribution < 1.29 is 12.8 Å². The summed E-state index contributed by atoms with van der Waals surface area (Å²) >= 11 is 0. The summed E-state index contributed by atoms with van der Waals surface area (Å²) in [4.78, 5) is 0. The van der Waals surface area contributed by atoms with E-state index in [4.69, 9.17) is 0 Å². The van der Waals surface area contributed by atoms with Gasteiger partial charge in [0, 0.05) is 18.3 Å². The van der Waals surface area contributed by atoms with Gasteiger partial charge < -0.3 is 5.32 Å². The molecule has 5 heteroatoms. The van der Waals surface area contributed by atoms with Crippen molar-refractivity contribution in [3.63, 3.8) is 0 Å². The van der Waals surface area contributed by atoms with E-state index in [0.29, 0.717) is 18.5 Å². The van der Waals surface area contributed by atoms with Crippen molar-refractivity contribution >= 4 is 9.84 Å². The molecule has 0 saturated heterocycles. The summed E-state index contributed by atoms with van der Waals surface area (Å²) in [5.74, 6) is 0.530. The van der Waals surface area contributed by atoms with Gasteiger partial charge in [0.25, 0.3) is 0 Å². The Labute approximate surface area is 120 Å². The molecule has 112 valence electrons. The van der Waals surface area contributed by atoms with Gasteiger partial charge in [0.1, 0.15) is 5.82 Å². The molecule has 1 aliphatic rings. The monoisotopic (exact) mass is 299 g/mol. The maximum absolute atomic E-state index is 13.0. The van der Waals surface area contributed by atoms with Crippen LogP contribution in [0.2, 0.25) is 0 Å². The van der Waals surface area contributed by atoms with E-state index in [9.17, 15) is 12.8 Å². The van der Waals surface area contributed by atoms with Gasteiger partial charge in [0.2, 0.25) is 0 Å². The first-order chi connectivity index (χ1) is 9.52. The molecule has 0 aliphatic heterocycles. The summed E-state index contributed by atoms with van der Waals surface area (Å²) in [5, 5.41) is 3.36. The standard InChI is InChI=1S/C15H22FNO2S/c1-2-20(18,19)11-10-17-15-5-3-4-14(15)12-6-8-13(16)9-7-12/h6-9,14-15,17H,2-5,10-11H2,1H3/t14-,15+/m0/s1. The molecule has 0 aromatic heterocycles. The topological polar surface area (TPSA) is 46.2 Å². The van der Waals surface area contributed by atoms with Gasteiger partial charge in [-0.25, -0.2) is 12.8 Å². The number of sulfone groups is 1. The van der Waals surface area contributed by atoms with Crippen LogP contribution in [0.1, 0.15) is 37.7 Å². The third-order valence-electron chi connectivity index (χ3n) is 4.07. The molecule has 0 amide bonds. The number of benzene rings is 1. The summed E-state index contributed by atoms with van der Waals surface area (Å²) in [6, 6.07) is 6.96. The zero-order valence-corrected chi connectivity index (χ0v) is 12.6. The van der Waals surface area contributed by atoms with E-state index in [0.717, 1.165) is 24.8 Å². The lowest BCUT2D eigenvalue weighted by Crippen LogP contribution is -2.35. The molecule has 2 atom stereocenters. The van der Waals surface area contributed by atoms with Gasteiger partial charge in [-0.15, -0.1) is 0 Å². The minimum atomic E-state index is -2.91. The van der Waals surface area contributed by atoms with Gasteiger partial charge in [-0.05, 0) is 36.5 Å². The smallest absolute Gasteiger partial charge is 0.151 e. The molecule has 3 nitrogen and oxygen atoms in total. The number of hydrogen-bond acceptors (Lipinski definition) is 3. The Morgan fingerprint density at radius 3 is 2.60 bits per heavy atom. The molecule has 0 radical (unpaired) electrons. The zero-order valence-electron chi connectivity index (χ0n) is 11.8. The Morgan fingerprint density at radius 1 is 1.25 bits per heavy atom. The van der Waals surface area contributed by atoms with Crippen LogP contribution in [-0.2, 0) is 9.84 Å². The second kappa shape index (κ2) is 6.68. The average molecular weight is 299 g/mol. The molecule has 0 heterocycles. The van der Waals surface area contributed by atoms with Crippen LogP contribution in [0, 0.1) is 5.82 Å².